The maximum absolute atomic E-state index is 12.4. The van der Waals surface area contributed by atoms with Crippen LogP contribution in [-0.4, -0.2) is 10.9 Å². The molecule has 0 saturated carbocycles. The highest BCUT2D eigenvalue weighted by atomic mass is 16.1. The first-order chi connectivity index (χ1) is 11.7. The highest BCUT2D eigenvalue weighted by Crippen LogP contribution is 2.17. The first-order valence-electron chi connectivity index (χ1n) is 7.79. The molecule has 0 spiro atoms. The molecule has 1 aromatic heterocycles. The summed E-state index contributed by atoms with van der Waals surface area (Å²) in [5, 5.41) is 12.9. The van der Waals surface area contributed by atoms with Crippen LogP contribution in [0.5, 0.6) is 0 Å². The summed E-state index contributed by atoms with van der Waals surface area (Å²) in [5.41, 5.74) is 3.36. The average Bonchev–Trinajstić information content (AvgIpc) is 2.62. The summed E-state index contributed by atoms with van der Waals surface area (Å²) in [6, 6.07) is 19.0. The number of amides is 1. The number of carbonyl (C=O) groups excluding carboxylic acids is 1. The van der Waals surface area contributed by atoms with Gasteiger partial charge in [-0.3, -0.25) is 9.78 Å². The SMILES string of the molecule is CC(NC(=O)Cc1cccc2cccnc12)c1ccc(C#N)cc1. The van der Waals surface area contributed by atoms with Crippen molar-refractivity contribution in [2.24, 2.45) is 0 Å². The largest absolute Gasteiger partial charge is 0.349 e. The molecule has 0 saturated heterocycles. The Kier molecular flexibility index (Phi) is 4.53. The van der Waals surface area contributed by atoms with Gasteiger partial charge in [-0.25, -0.2) is 0 Å². The van der Waals surface area contributed by atoms with E-state index < -0.39 is 0 Å². The molecule has 2 aromatic carbocycles. The Labute approximate surface area is 140 Å². The van der Waals surface area contributed by atoms with Crippen LogP contribution in [0.4, 0.5) is 0 Å². The minimum atomic E-state index is -0.117. The van der Waals surface area contributed by atoms with E-state index in [-0.39, 0.29) is 18.4 Å². The minimum absolute atomic E-state index is 0.0509. The second-order valence-electron chi connectivity index (χ2n) is 5.69. The molecule has 1 atom stereocenters. The summed E-state index contributed by atoms with van der Waals surface area (Å²) in [7, 11) is 0. The molecule has 0 aliphatic carbocycles. The standard InChI is InChI=1S/C20H17N3O/c1-14(16-9-7-15(13-21)8-10-16)23-19(24)12-18-5-2-4-17-6-3-11-22-20(17)18/h2-11,14H,12H2,1H3,(H,23,24). The second kappa shape index (κ2) is 6.93. The van der Waals surface area contributed by atoms with Crippen LogP contribution in [0.15, 0.2) is 60.8 Å². The van der Waals surface area contributed by atoms with Crippen LogP contribution < -0.4 is 5.32 Å². The van der Waals surface area contributed by atoms with Gasteiger partial charge in [0.1, 0.15) is 0 Å². The maximum atomic E-state index is 12.4. The van der Waals surface area contributed by atoms with Gasteiger partial charge in [0.2, 0.25) is 5.91 Å². The number of aromatic nitrogens is 1. The molecule has 0 fully saturated rings. The summed E-state index contributed by atoms with van der Waals surface area (Å²) in [6.07, 6.45) is 2.03. The number of nitriles is 1. The van der Waals surface area contributed by atoms with Gasteiger partial charge in [0.25, 0.3) is 0 Å². The van der Waals surface area contributed by atoms with E-state index in [4.69, 9.17) is 5.26 Å². The number of hydrogen-bond donors (Lipinski definition) is 1. The van der Waals surface area contributed by atoms with Crippen LogP contribution in [0.1, 0.15) is 29.7 Å². The molecule has 4 nitrogen and oxygen atoms in total. The van der Waals surface area contributed by atoms with Crippen molar-refractivity contribution in [1.82, 2.24) is 10.3 Å². The lowest BCUT2D eigenvalue weighted by Gasteiger charge is -2.15. The van der Waals surface area contributed by atoms with Crippen LogP contribution in [0.3, 0.4) is 0 Å². The molecule has 1 N–H and O–H groups in total. The number of pyridine rings is 1. The van der Waals surface area contributed by atoms with Crippen molar-refractivity contribution in [3.8, 4) is 6.07 Å². The number of para-hydroxylation sites is 1. The summed E-state index contributed by atoms with van der Waals surface area (Å²) in [6.45, 7) is 1.93. The van der Waals surface area contributed by atoms with Crippen molar-refractivity contribution in [1.29, 1.82) is 5.26 Å². The van der Waals surface area contributed by atoms with Crippen LogP contribution >= 0.6 is 0 Å². The predicted octanol–water partition coefficient (Wildman–Crippen LogP) is 3.53. The van der Waals surface area contributed by atoms with Crippen molar-refractivity contribution in [2.75, 3.05) is 0 Å². The first kappa shape index (κ1) is 15.7. The Balaban J connectivity index is 1.71. The summed E-state index contributed by atoms with van der Waals surface area (Å²) in [5.74, 6) is -0.0509. The molecule has 3 aromatic rings. The minimum Gasteiger partial charge on any atom is -0.349 e. The van der Waals surface area contributed by atoms with Gasteiger partial charge in [0.15, 0.2) is 0 Å². The molecule has 0 bridgehead atoms. The third-order valence-corrected chi connectivity index (χ3v) is 3.98. The van der Waals surface area contributed by atoms with Gasteiger partial charge in [-0.05, 0) is 36.2 Å². The zero-order valence-corrected chi connectivity index (χ0v) is 13.4. The maximum Gasteiger partial charge on any atom is 0.224 e. The Hall–Kier alpha value is -3.19. The van der Waals surface area contributed by atoms with E-state index in [0.717, 1.165) is 22.0 Å². The lowest BCUT2D eigenvalue weighted by atomic mass is 10.0. The fourth-order valence-electron chi connectivity index (χ4n) is 2.71. The molecule has 0 aliphatic heterocycles. The fourth-order valence-corrected chi connectivity index (χ4v) is 2.71. The predicted molar refractivity (Wildman–Crippen MR) is 93.2 cm³/mol. The third-order valence-electron chi connectivity index (χ3n) is 3.98. The lowest BCUT2D eigenvalue weighted by molar-refractivity contribution is -0.121. The van der Waals surface area contributed by atoms with E-state index in [2.05, 4.69) is 16.4 Å². The lowest BCUT2D eigenvalue weighted by Crippen LogP contribution is -2.28. The van der Waals surface area contributed by atoms with Crippen LogP contribution in [0, 0.1) is 11.3 Å². The van der Waals surface area contributed by atoms with Crippen molar-refractivity contribution >= 4 is 16.8 Å². The van der Waals surface area contributed by atoms with E-state index >= 15 is 0 Å². The molecule has 118 valence electrons. The Morgan fingerprint density at radius 3 is 2.67 bits per heavy atom. The van der Waals surface area contributed by atoms with Crippen molar-refractivity contribution in [2.45, 2.75) is 19.4 Å². The molecular formula is C20H17N3O. The molecule has 4 heteroatoms. The fraction of sp³-hybridized carbons (Fsp3) is 0.150. The van der Waals surface area contributed by atoms with Gasteiger partial charge in [0, 0.05) is 11.6 Å². The summed E-state index contributed by atoms with van der Waals surface area (Å²) < 4.78 is 0. The summed E-state index contributed by atoms with van der Waals surface area (Å²) >= 11 is 0. The zero-order chi connectivity index (χ0) is 16.9. The highest BCUT2D eigenvalue weighted by Gasteiger charge is 2.12. The third kappa shape index (κ3) is 3.41. The number of nitrogens with zero attached hydrogens (tertiary/aromatic N) is 2. The van der Waals surface area contributed by atoms with Gasteiger partial charge < -0.3 is 5.32 Å². The number of benzene rings is 2. The van der Waals surface area contributed by atoms with Crippen LogP contribution in [0.25, 0.3) is 10.9 Å². The van der Waals surface area contributed by atoms with Gasteiger partial charge in [-0.15, -0.1) is 0 Å². The topological polar surface area (TPSA) is 65.8 Å². The monoisotopic (exact) mass is 315 g/mol. The van der Waals surface area contributed by atoms with Gasteiger partial charge in [0.05, 0.1) is 29.6 Å². The van der Waals surface area contributed by atoms with E-state index in [9.17, 15) is 4.79 Å². The number of rotatable bonds is 4. The highest BCUT2D eigenvalue weighted by molar-refractivity contribution is 5.87. The van der Waals surface area contributed by atoms with Crippen molar-refractivity contribution in [3.05, 3.63) is 77.5 Å². The smallest absolute Gasteiger partial charge is 0.224 e. The average molecular weight is 315 g/mol. The van der Waals surface area contributed by atoms with E-state index in [1.165, 1.54) is 0 Å². The Bertz CT molecular complexity index is 905. The molecule has 1 heterocycles. The quantitative estimate of drug-likeness (QED) is 0.801. The Morgan fingerprint density at radius 1 is 1.17 bits per heavy atom. The second-order valence-corrected chi connectivity index (χ2v) is 5.69. The Morgan fingerprint density at radius 2 is 1.92 bits per heavy atom. The normalized spacial score (nSPS) is 11.7. The molecule has 1 amide bonds. The zero-order valence-electron chi connectivity index (χ0n) is 13.4. The number of nitrogens with one attached hydrogen (secondary N) is 1. The van der Waals surface area contributed by atoms with Gasteiger partial charge in [-0.1, -0.05) is 36.4 Å². The molecular weight excluding hydrogens is 298 g/mol. The van der Waals surface area contributed by atoms with Gasteiger partial charge >= 0.3 is 0 Å². The number of fused-ring (bicyclic) bond motifs is 1. The molecule has 1 unspecified atom stereocenters. The molecule has 0 radical (unpaired) electrons. The first-order valence-corrected chi connectivity index (χ1v) is 7.79. The van der Waals surface area contributed by atoms with Crippen LogP contribution in [-0.2, 0) is 11.2 Å². The number of hydrogen-bond acceptors (Lipinski definition) is 3. The van der Waals surface area contributed by atoms with Crippen molar-refractivity contribution in [3.63, 3.8) is 0 Å². The number of carbonyl (C=O) groups is 1. The summed E-state index contributed by atoms with van der Waals surface area (Å²) in [4.78, 5) is 16.8. The van der Waals surface area contributed by atoms with Crippen molar-refractivity contribution < 1.29 is 4.79 Å². The molecule has 0 aliphatic rings. The van der Waals surface area contributed by atoms with E-state index in [0.29, 0.717) is 5.56 Å². The molecule has 24 heavy (non-hydrogen) atoms. The molecule has 3 rings (SSSR count). The van der Waals surface area contributed by atoms with E-state index in [1.807, 2.05) is 49.4 Å². The van der Waals surface area contributed by atoms with E-state index in [1.54, 1.807) is 18.3 Å². The van der Waals surface area contributed by atoms with Crippen LogP contribution in [0.2, 0.25) is 0 Å². The van der Waals surface area contributed by atoms with Gasteiger partial charge in [-0.2, -0.15) is 5.26 Å².